The maximum Gasteiger partial charge on any atom is 0.411 e. The van der Waals surface area contributed by atoms with Crippen LogP contribution in [0.1, 0.15) is 0 Å². The van der Waals surface area contributed by atoms with E-state index in [0.29, 0.717) is 0 Å². The van der Waals surface area contributed by atoms with Gasteiger partial charge in [0.1, 0.15) is 6.61 Å². The number of rotatable bonds is 3. The van der Waals surface area contributed by atoms with Crippen LogP contribution >= 0.6 is 0 Å². The number of hydrogen-bond donors (Lipinski definition) is 1. The van der Waals surface area contributed by atoms with Crippen molar-refractivity contribution in [1.82, 2.24) is 0 Å². The molecule has 0 aromatic rings. The summed E-state index contributed by atoms with van der Waals surface area (Å²) in [5, 5.41) is 6.40. The number of azo groups is 1. The number of alkyl halides is 3. The normalized spacial score (nSPS) is 25.6. The Labute approximate surface area is 76.4 Å². The van der Waals surface area contributed by atoms with E-state index in [4.69, 9.17) is 5.73 Å². The molecule has 0 spiro atoms. The first-order valence-electron chi connectivity index (χ1n) is 3.46. The molecule has 1 rings (SSSR count). The highest BCUT2D eigenvalue weighted by Gasteiger charge is 2.41. The largest absolute Gasteiger partial charge is 0.411 e. The molecular weight excluding hydrogens is 203 g/mol. The molecule has 0 aromatic carbocycles. The molecule has 0 aliphatic carbocycles. The van der Waals surface area contributed by atoms with Crippen LogP contribution in [0.5, 0.6) is 0 Å². The topological polar surface area (TPSA) is 77.0 Å². The van der Waals surface area contributed by atoms with Crippen LogP contribution in [0.3, 0.4) is 0 Å². The van der Waals surface area contributed by atoms with E-state index in [2.05, 4.69) is 15.0 Å². The van der Waals surface area contributed by atoms with E-state index in [-0.39, 0.29) is 0 Å². The van der Waals surface area contributed by atoms with Crippen LogP contribution in [0.15, 0.2) is 22.5 Å². The van der Waals surface area contributed by atoms with Crippen LogP contribution in [0, 0.1) is 0 Å². The molecule has 14 heavy (non-hydrogen) atoms. The van der Waals surface area contributed by atoms with Gasteiger partial charge in [0.15, 0.2) is 0 Å². The molecule has 1 aliphatic heterocycles. The molecule has 1 aliphatic rings. The van der Waals surface area contributed by atoms with Crippen molar-refractivity contribution in [2.45, 2.75) is 11.9 Å². The molecule has 1 heterocycles. The zero-order valence-corrected chi connectivity index (χ0v) is 6.78. The molecule has 0 bridgehead atoms. The van der Waals surface area contributed by atoms with Crippen LogP contribution in [-0.2, 0) is 9.53 Å². The minimum Gasteiger partial charge on any atom is -0.365 e. The van der Waals surface area contributed by atoms with Crippen LogP contribution in [-0.4, -0.2) is 24.4 Å². The van der Waals surface area contributed by atoms with Crippen molar-refractivity contribution >= 4 is 5.91 Å². The van der Waals surface area contributed by atoms with Gasteiger partial charge < -0.3 is 10.5 Å². The maximum absolute atomic E-state index is 11.8. The molecule has 1 unspecified atom stereocenters. The number of hydrogen-bond acceptors (Lipinski definition) is 4. The Bertz CT molecular complexity index is 285. The fourth-order valence-corrected chi connectivity index (χ4v) is 0.758. The number of ether oxygens (including phenoxy) is 1. The van der Waals surface area contributed by atoms with Crippen molar-refractivity contribution in [3.63, 3.8) is 0 Å². The van der Waals surface area contributed by atoms with Crippen molar-refractivity contribution < 1.29 is 22.7 Å². The Hall–Kier alpha value is -1.44. The van der Waals surface area contributed by atoms with Crippen LogP contribution in [0.25, 0.3) is 0 Å². The van der Waals surface area contributed by atoms with E-state index >= 15 is 0 Å². The summed E-state index contributed by atoms with van der Waals surface area (Å²) < 4.78 is 39.6. The molecule has 0 saturated carbocycles. The van der Waals surface area contributed by atoms with Gasteiger partial charge in [-0.05, 0) is 0 Å². The van der Waals surface area contributed by atoms with Gasteiger partial charge in [0.2, 0.25) is 0 Å². The minimum atomic E-state index is -4.55. The third-order valence-electron chi connectivity index (χ3n) is 1.38. The van der Waals surface area contributed by atoms with Crippen LogP contribution in [0.4, 0.5) is 13.2 Å². The molecule has 5 nitrogen and oxygen atoms in total. The van der Waals surface area contributed by atoms with Gasteiger partial charge >= 0.3 is 6.18 Å². The highest BCUT2D eigenvalue weighted by molar-refractivity contribution is 5.85. The molecule has 2 N–H and O–H groups in total. The van der Waals surface area contributed by atoms with Crippen LogP contribution in [0.2, 0.25) is 0 Å². The zero-order chi connectivity index (χ0) is 10.8. The second kappa shape index (κ2) is 3.37. The Balaban J connectivity index is 2.68. The van der Waals surface area contributed by atoms with E-state index in [9.17, 15) is 18.0 Å². The second-order valence-corrected chi connectivity index (χ2v) is 2.50. The quantitative estimate of drug-likeness (QED) is 0.743. The van der Waals surface area contributed by atoms with Gasteiger partial charge in [-0.3, -0.25) is 4.79 Å². The van der Waals surface area contributed by atoms with Crippen molar-refractivity contribution in [2.24, 2.45) is 16.0 Å². The second-order valence-electron chi connectivity index (χ2n) is 2.50. The van der Waals surface area contributed by atoms with Crippen molar-refractivity contribution in [1.29, 1.82) is 0 Å². The summed E-state index contributed by atoms with van der Waals surface area (Å²) in [5.74, 6) is -1.14. The molecule has 0 saturated heterocycles. The number of nitrogens with two attached hydrogens (primary N) is 1. The smallest absolute Gasteiger partial charge is 0.365 e. The molecule has 0 radical (unpaired) electrons. The maximum atomic E-state index is 11.8. The van der Waals surface area contributed by atoms with E-state index in [0.717, 1.165) is 12.3 Å². The average Bonchev–Trinajstić information content (AvgIpc) is 2.48. The monoisotopic (exact) mass is 209 g/mol. The van der Waals surface area contributed by atoms with E-state index in [1.54, 1.807) is 0 Å². The Morgan fingerprint density at radius 1 is 1.57 bits per heavy atom. The van der Waals surface area contributed by atoms with E-state index in [1.165, 1.54) is 0 Å². The summed E-state index contributed by atoms with van der Waals surface area (Å²) in [6, 6.07) is 0. The molecule has 1 atom stereocenters. The summed E-state index contributed by atoms with van der Waals surface area (Å²) in [4.78, 5) is 10.8. The molecule has 8 heteroatoms. The Kier molecular flexibility index (Phi) is 2.56. The zero-order valence-electron chi connectivity index (χ0n) is 6.78. The predicted octanol–water partition coefficient (Wildman–Crippen LogP) is 0.726. The molecule has 0 aromatic heterocycles. The molecule has 78 valence electrons. The lowest BCUT2D eigenvalue weighted by Crippen LogP contribution is -2.43. The molecule has 0 fully saturated rings. The van der Waals surface area contributed by atoms with E-state index < -0.39 is 24.4 Å². The summed E-state index contributed by atoms with van der Waals surface area (Å²) in [6.45, 7) is -1.61. The highest BCUT2D eigenvalue weighted by Crippen LogP contribution is 2.24. The molecule has 1 amide bonds. The summed E-state index contributed by atoms with van der Waals surface area (Å²) in [5.41, 5.74) is 2.72. The van der Waals surface area contributed by atoms with Crippen molar-refractivity contribution in [3.8, 4) is 0 Å². The van der Waals surface area contributed by atoms with Gasteiger partial charge in [-0.15, -0.1) is 5.11 Å². The van der Waals surface area contributed by atoms with Crippen LogP contribution < -0.4 is 5.73 Å². The lowest BCUT2D eigenvalue weighted by atomic mass is 10.2. The number of primary amides is 1. The fraction of sp³-hybridized carbons (Fsp3) is 0.500. The Morgan fingerprint density at radius 2 is 2.21 bits per heavy atom. The van der Waals surface area contributed by atoms with Gasteiger partial charge in [0.25, 0.3) is 11.6 Å². The van der Waals surface area contributed by atoms with Gasteiger partial charge in [-0.25, -0.2) is 0 Å². The number of carbonyl (C=O) groups excluding carboxylic acids is 1. The number of nitrogens with zero attached hydrogens (tertiary/aromatic N) is 2. The third kappa shape index (κ3) is 2.28. The lowest BCUT2D eigenvalue weighted by molar-refractivity contribution is -0.197. The summed E-state index contributed by atoms with van der Waals surface area (Å²) in [6.07, 6.45) is -2.55. The van der Waals surface area contributed by atoms with Gasteiger partial charge in [0, 0.05) is 6.08 Å². The third-order valence-corrected chi connectivity index (χ3v) is 1.38. The summed E-state index contributed by atoms with van der Waals surface area (Å²) in [7, 11) is 0. The first-order chi connectivity index (χ1) is 6.36. The first-order valence-corrected chi connectivity index (χ1v) is 3.46. The van der Waals surface area contributed by atoms with E-state index in [1.807, 2.05) is 0 Å². The highest BCUT2D eigenvalue weighted by atomic mass is 19.4. The van der Waals surface area contributed by atoms with Crippen molar-refractivity contribution in [3.05, 3.63) is 12.3 Å². The first kappa shape index (κ1) is 10.6. The fourth-order valence-electron chi connectivity index (χ4n) is 0.758. The van der Waals surface area contributed by atoms with Gasteiger partial charge in [0.05, 0.1) is 6.20 Å². The number of halogens is 3. The standard InChI is InChI=1S/C6H6F3N3O2/c7-6(8,9)3-14-5(4(10)13)1-2-11-12-5/h1-2H,3H2,(H2,10,13). The average molecular weight is 209 g/mol. The SMILES string of the molecule is NC(=O)C1(OCC(F)(F)F)C=CN=N1. The minimum absolute atomic E-state index is 0.959. The van der Waals surface area contributed by atoms with Gasteiger partial charge in [-0.1, -0.05) is 0 Å². The summed E-state index contributed by atoms with van der Waals surface area (Å²) >= 11 is 0. The predicted molar refractivity (Wildman–Crippen MR) is 37.9 cm³/mol. The number of amides is 1. The molecular formula is C6H6F3N3O2. The van der Waals surface area contributed by atoms with Gasteiger partial charge in [-0.2, -0.15) is 18.3 Å². The van der Waals surface area contributed by atoms with Crippen molar-refractivity contribution in [2.75, 3.05) is 6.61 Å². The lowest BCUT2D eigenvalue weighted by Gasteiger charge is -2.19. The Morgan fingerprint density at radius 3 is 2.57 bits per heavy atom. The number of carbonyl (C=O) groups is 1.